The van der Waals surface area contributed by atoms with Gasteiger partial charge in [-0.05, 0) is 24.1 Å². The van der Waals surface area contributed by atoms with Crippen LogP contribution in [-0.2, 0) is 16.4 Å². The molecule has 0 saturated carbocycles. The summed E-state index contributed by atoms with van der Waals surface area (Å²) in [5.41, 5.74) is 0.863. The Hall–Kier alpha value is -2.74. The second-order valence-corrected chi connectivity index (χ2v) is 6.84. The Morgan fingerprint density at radius 1 is 1.21 bits per heavy atom. The number of nitrogens with zero attached hydrogens (tertiary/aromatic N) is 2. The zero-order valence-electron chi connectivity index (χ0n) is 12.8. The Bertz CT molecular complexity index is 951. The Kier molecular flexibility index (Phi) is 4.06. The number of fused-ring (bicyclic) bond motifs is 1. The standard InChI is InChI=1S/C16H14N2O5S/c1-2-5-11-6-3-4-7-14(11)23-16-13-9-8-12(18(19)20)10-15(13)24(21,22)17-16/h3-4,6-10H,2,5H2,1H3. The maximum atomic E-state index is 12.1. The van der Waals surface area contributed by atoms with E-state index in [2.05, 4.69) is 4.40 Å². The van der Waals surface area contributed by atoms with Crippen LogP contribution in [0.1, 0.15) is 24.5 Å². The average Bonchev–Trinajstić information content (AvgIpc) is 2.80. The molecule has 0 aromatic heterocycles. The van der Waals surface area contributed by atoms with E-state index < -0.39 is 14.9 Å². The molecule has 1 aliphatic rings. The molecule has 0 saturated heterocycles. The van der Waals surface area contributed by atoms with Gasteiger partial charge in [0.25, 0.3) is 15.7 Å². The third-order valence-electron chi connectivity index (χ3n) is 3.59. The summed E-state index contributed by atoms with van der Waals surface area (Å²) in [7, 11) is -4.00. The Labute approximate surface area is 138 Å². The lowest BCUT2D eigenvalue weighted by molar-refractivity contribution is -0.385. The molecule has 0 aliphatic carbocycles. The number of nitro benzene ring substituents is 1. The molecular weight excluding hydrogens is 332 g/mol. The lowest BCUT2D eigenvalue weighted by Gasteiger charge is -2.10. The molecule has 0 spiro atoms. The largest absolute Gasteiger partial charge is 0.437 e. The number of nitro groups is 1. The molecule has 2 aromatic rings. The van der Waals surface area contributed by atoms with Crippen LogP contribution in [0, 0.1) is 10.1 Å². The zero-order chi connectivity index (χ0) is 17.3. The molecule has 0 atom stereocenters. The van der Waals surface area contributed by atoms with Gasteiger partial charge in [-0.2, -0.15) is 8.42 Å². The SMILES string of the molecule is CCCc1ccccc1OC1=NS(=O)(=O)c2cc([N+](=O)[O-])ccc21. The van der Waals surface area contributed by atoms with Gasteiger partial charge >= 0.3 is 0 Å². The Balaban J connectivity index is 2.02. The van der Waals surface area contributed by atoms with Crippen LogP contribution in [-0.4, -0.2) is 19.2 Å². The fraction of sp³-hybridized carbons (Fsp3) is 0.188. The number of sulfonamides is 1. The van der Waals surface area contributed by atoms with E-state index in [1.54, 1.807) is 12.1 Å². The van der Waals surface area contributed by atoms with Gasteiger partial charge in [0.1, 0.15) is 10.6 Å². The van der Waals surface area contributed by atoms with E-state index in [-0.39, 0.29) is 22.0 Å². The molecule has 0 N–H and O–H groups in total. The van der Waals surface area contributed by atoms with Gasteiger partial charge in [0.15, 0.2) is 0 Å². The third-order valence-corrected chi connectivity index (χ3v) is 4.89. The van der Waals surface area contributed by atoms with E-state index >= 15 is 0 Å². The summed E-state index contributed by atoms with van der Waals surface area (Å²) in [4.78, 5) is 9.99. The van der Waals surface area contributed by atoms with Crippen LogP contribution in [0.25, 0.3) is 0 Å². The van der Waals surface area contributed by atoms with E-state index in [4.69, 9.17) is 4.74 Å². The highest BCUT2D eigenvalue weighted by Gasteiger charge is 2.32. The molecule has 0 fully saturated rings. The van der Waals surface area contributed by atoms with Crippen molar-refractivity contribution < 1.29 is 18.1 Å². The van der Waals surface area contributed by atoms with Gasteiger partial charge in [-0.1, -0.05) is 31.5 Å². The summed E-state index contributed by atoms with van der Waals surface area (Å²) in [5.74, 6) is 0.461. The number of benzene rings is 2. The van der Waals surface area contributed by atoms with Crippen LogP contribution in [0.3, 0.4) is 0 Å². The third kappa shape index (κ3) is 2.88. The second kappa shape index (κ2) is 6.04. The molecular formula is C16H14N2O5S. The highest BCUT2D eigenvalue weighted by Crippen LogP contribution is 2.31. The van der Waals surface area contributed by atoms with E-state index in [0.717, 1.165) is 24.5 Å². The molecule has 124 valence electrons. The van der Waals surface area contributed by atoms with Gasteiger partial charge in [0.2, 0.25) is 5.90 Å². The Morgan fingerprint density at radius 3 is 2.67 bits per heavy atom. The number of ether oxygens (including phenoxy) is 1. The predicted octanol–water partition coefficient (Wildman–Crippen LogP) is 3.08. The minimum Gasteiger partial charge on any atom is -0.437 e. The van der Waals surface area contributed by atoms with Crippen molar-refractivity contribution in [3.05, 3.63) is 63.7 Å². The molecule has 24 heavy (non-hydrogen) atoms. The molecule has 2 aromatic carbocycles. The summed E-state index contributed by atoms with van der Waals surface area (Å²) < 4.78 is 33.6. The predicted molar refractivity (Wildman–Crippen MR) is 87.9 cm³/mol. The van der Waals surface area contributed by atoms with Crippen LogP contribution >= 0.6 is 0 Å². The number of rotatable bonds is 4. The lowest BCUT2D eigenvalue weighted by atomic mass is 10.1. The summed E-state index contributed by atoms with van der Waals surface area (Å²) in [5, 5.41) is 10.8. The fourth-order valence-electron chi connectivity index (χ4n) is 2.48. The highest BCUT2D eigenvalue weighted by atomic mass is 32.2. The molecule has 0 radical (unpaired) electrons. The molecule has 3 rings (SSSR count). The molecule has 1 heterocycles. The topological polar surface area (TPSA) is 98.9 Å². The average molecular weight is 346 g/mol. The van der Waals surface area contributed by atoms with Crippen molar-refractivity contribution in [3.63, 3.8) is 0 Å². The van der Waals surface area contributed by atoms with E-state index in [1.807, 2.05) is 19.1 Å². The molecule has 0 bridgehead atoms. The first-order valence-corrected chi connectivity index (χ1v) is 8.76. The van der Waals surface area contributed by atoms with Crippen molar-refractivity contribution in [1.82, 2.24) is 0 Å². The van der Waals surface area contributed by atoms with Gasteiger partial charge in [0.05, 0.1) is 10.5 Å². The molecule has 1 aliphatic heterocycles. The second-order valence-electron chi connectivity index (χ2n) is 5.27. The fourth-order valence-corrected chi connectivity index (χ4v) is 3.63. The summed E-state index contributed by atoms with van der Waals surface area (Å²) in [6, 6.07) is 10.9. The van der Waals surface area contributed by atoms with Crippen molar-refractivity contribution in [1.29, 1.82) is 0 Å². The minimum atomic E-state index is -4.00. The first-order chi connectivity index (χ1) is 11.4. The van der Waals surface area contributed by atoms with Crippen LogP contribution in [0.4, 0.5) is 5.69 Å². The summed E-state index contributed by atoms with van der Waals surface area (Å²) in [6.07, 6.45) is 1.69. The highest BCUT2D eigenvalue weighted by molar-refractivity contribution is 7.90. The molecule has 0 amide bonds. The van der Waals surface area contributed by atoms with Crippen LogP contribution in [0.5, 0.6) is 5.75 Å². The quantitative estimate of drug-likeness (QED) is 0.626. The first kappa shape index (κ1) is 16.1. The first-order valence-electron chi connectivity index (χ1n) is 7.32. The van der Waals surface area contributed by atoms with Gasteiger partial charge in [-0.15, -0.1) is 4.40 Å². The molecule has 0 unspecified atom stereocenters. The van der Waals surface area contributed by atoms with Crippen molar-refractivity contribution >= 4 is 21.6 Å². The minimum absolute atomic E-state index is 0.0662. The van der Waals surface area contributed by atoms with Crippen LogP contribution in [0.2, 0.25) is 0 Å². The number of hydrogen-bond acceptors (Lipinski definition) is 5. The molecule has 8 heteroatoms. The maximum Gasteiger partial charge on any atom is 0.286 e. The Morgan fingerprint density at radius 2 is 1.96 bits per heavy atom. The summed E-state index contributed by atoms with van der Waals surface area (Å²) in [6.45, 7) is 2.03. The molecule has 7 nitrogen and oxygen atoms in total. The van der Waals surface area contributed by atoms with E-state index in [9.17, 15) is 18.5 Å². The number of aryl methyl sites for hydroxylation is 1. The zero-order valence-corrected chi connectivity index (χ0v) is 13.6. The van der Waals surface area contributed by atoms with Crippen LogP contribution in [0.15, 0.2) is 51.8 Å². The van der Waals surface area contributed by atoms with E-state index in [1.165, 1.54) is 12.1 Å². The number of non-ortho nitro benzene ring substituents is 1. The van der Waals surface area contributed by atoms with Crippen molar-refractivity contribution in [2.45, 2.75) is 24.7 Å². The van der Waals surface area contributed by atoms with Gasteiger partial charge in [0, 0.05) is 12.1 Å². The maximum absolute atomic E-state index is 12.1. The lowest BCUT2D eigenvalue weighted by Crippen LogP contribution is -2.09. The monoisotopic (exact) mass is 346 g/mol. The van der Waals surface area contributed by atoms with Gasteiger partial charge in [-0.3, -0.25) is 10.1 Å². The van der Waals surface area contributed by atoms with Crippen molar-refractivity contribution in [3.8, 4) is 5.75 Å². The summed E-state index contributed by atoms with van der Waals surface area (Å²) >= 11 is 0. The number of para-hydroxylation sites is 1. The van der Waals surface area contributed by atoms with Gasteiger partial charge in [-0.25, -0.2) is 0 Å². The van der Waals surface area contributed by atoms with Crippen LogP contribution < -0.4 is 4.74 Å². The number of hydrogen-bond donors (Lipinski definition) is 0. The normalized spacial score (nSPS) is 14.8. The van der Waals surface area contributed by atoms with Crippen molar-refractivity contribution in [2.75, 3.05) is 0 Å². The van der Waals surface area contributed by atoms with Crippen molar-refractivity contribution in [2.24, 2.45) is 4.40 Å². The van der Waals surface area contributed by atoms with E-state index in [0.29, 0.717) is 5.75 Å². The smallest absolute Gasteiger partial charge is 0.286 e. The van der Waals surface area contributed by atoms with Gasteiger partial charge < -0.3 is 4.74 Å².